The molecule has 172 valence electrons. The van der Waals surface area contributed by atoms with Gasteiger partial charge < -0.3 is 28.4 Å². The topological polar surface area (TPSA) is 55.4 Å². The molecule has 2 heterocycles. The summed E-state index contributed by atoms with van der Waals surface area (Å²) in [6.07, 6.45) is 3.02. The van der Waals surface area contributed by atoms with Gasteiger partial charge in [-0.05, 0) is 57.9 Å². The molecule has 0 amide bonds. The molecule has 0 aliphatic carbocycles. The van der Waals surface area contributed by atoms with E-state index in [1.54, 1.807) is 28.4 Å². The average Bonchev–Trinajstić information content (AvgIpc) is 2.75. The van der Waals surface area contributed by atoms with E-state index in [9.17, 15) is 0 Å². The van der Waals surface area contributed by atoms with Gasteiger partial charge in [0.2, 0.25) is 0 Å². The van der Waals surface area contributed by atoms with Crippen LogP contribution in [-0.4, -0.2) is 39.6 Å². The number of methoxy groups -OCH3 is 4. The van der Waals surface area contributed by atoms with Crippen LogP contribution < -0.4 is 28.4 Å². The first kappa shape index (κ1) is 22.2. The fraction of sp³-hybridized carbons (Fsp3) is 0.462. The molecule has 32 heavy (non-hydrogen) atoms. The van der Waals surface area contributed by atoms with Gasteiger partial charge in [-0.1, -0.05) is 0 Å². The third-order valence-corrected chi connectivity index (χ3v) is 6.24. The maximum atomic E-state index is 6.51. The van der Waals surface area contributed by atoms with Crippen LogP contribution in [0.4, 0.5) is 0 Å². The summed E-state index contributed by atoms with van der Waals surface area (Å²) in [5, 5.41) is 0. The quantitative estimate of drug-likeness (QED) is 0.601. The fourth-order valence-electron chi connectivity index (χ4n) is 4.73. The summed E-state index contributed by atoms with van der Waals surface area (Å²) >= 11 is 0. The van der Waals surface area contributed by atoms with Crippen molar-refractivity contribution in [2.45, 2.75) is 51.2 Å². The lowest BCUT2D eigenvalue weighted by Gasteiger charge is -2.44. The van der Waals surface area contributed by atoms with Crippen LogP contribution in [0.15, 0.2) is 29.8 Å². The zero-order valence-corrected chi connectivity index (χ0v) is 20.1. The summed E-state index contributed by atoms with van der Waals surface area (Å²) in [5.74, 6) is 4.30. The van der Waals surface area contributed by atoms with Crippen LogP contribution in [0.25, 0.3) is 6.08 Å². The Bertz CT molecular complexity index is 1070. The Morgan fingerprint density at radius 3 is 1.84 bits per heavy atom. The Hall–Kier alpha value is -3.02. The molecule has 4 rings (SSSR count). The number of hydrogen-bond donors (Lipinski definition) is 0. The molecule has 0 radical (unpaired) electrons. The van der Waals surface area contributed by atoms with E-state index >= 15 is 0 Å². The molecule has 2 aromatic carbocycles. The Morgan fingerprint density at radius 1 is 0.719 bits per heavy atom. The molecule has 1 atom stereocenters. The zero-order chi connectivity index (χ0) is 23.3. The molecule has 2 aliphatic rings. The van der Waals surface area contributed by atoms with Crippen molar-refractivity contribution < 1.29 is 28.4 Å². The second-order valence-electron chi connectivity index (χ2n) is 9.32. The third-order valence-electron chi connectivity index (χ3n) is 6.24. The van der Waals surface area contributed by atoms with Gasteiger partial charge in [-0.2, -0.15) is 0 Å². The van der Waals surface area contributed by atoms with Crippen LogP contribution in [-0.2, 0) is 0 Å². The molecule has 0 fully saturated rings. The van der Waals surface area contributed by atoms with Gasteiger partial charge in [-0.15, -0.1) is 0 Å². The molecule has 0 spiro atoms. The van der Waals surface area contributed by atoms with E-state index in [0.29, 0.717) is 23.0 Å². The Morgan fingerprint density at radius 2 is 1.25 bits per heavy atom. The second-order valence-corrected chi connectivity index (χ2v) is 9.32. The molecule has 0 aromatic heterocycles. The van der Waals surface area contributed by atoms with Gasteiger partial charge in [0.25, 0.3) is 0 Å². The van der Waals surface area contributed by atoms with Crippen molar-refractivity contribution in [3.8, 4) is 34.5 Å². The summed E-state index contributed by atoms with van der Waals surface area (Å²) in [5.41, 5.74) is 2.31. The summed E-state index contributed by atoms with van der Waals surface area (Å²) in [7, 11) is 6.55. The molecule has 6 heteroatoms. The van der Waals surface area contributed by atoms with Gasteiger partial charge in [-0.25, -0.2) is 0 Å². The van der Waals surface area contributed by atoms with Crippen molar-refractivity contribution in [2.24, 2.45) is 0 Å². The minimum absolute atomic E-state index is 0.0739. The lowest BCUT2D eigenvalue weighted by molar-refractivity contribution is 0.0660. The van der Waals surface area contributed by atoms with E-state index in [2.05, 4.69) is 33.8 Å². The number of ether oxygens (including phenoxy) is 6. The lowest BCUT2D eigenvalue weighted by atomic mass is 9.73. The predicted octanol–water partition coefficient (Wildman–Crippen LogP) is 5.62. The van der Waals surface area contributed by atoms with Crippen LogP contribution >= 0.6 is 0 Å². The second kappa shape index (κ2) is 7.84. The van der Waals surface area contributed by atoms with Gasteiger partial charge in [0.1, 0.15) is 22.7 Å². The number of hydrogen-bond acceptors (Lipinski definition) is 6. The first-order chi connectivity index (χ1) is 15.1. The lowest BCUT2D eigenvalue weighted by Crippen LogP contribution is -2.41. The van der Waals surface area contributed by atoms with E-state index < -0.39 is 5.60 Å². The number of benzene rings is 2. The Labute approximate surface area is 190 Å². The van der Waals surface area contributed by atoms with Crippen molar-refractivity contribution in [2.75, 3.05) is 28.4 Å². The largest absolute Gasteiger partial charge is 0.493 e. The van der Waals surface area contributed by atoms with Crippen LogP contribution in [0.2, 0.25) is 0 Å². The van der Waals surface area contributed by atoms with Crippen LogP contribution in [0.1, 0.15) is 51.2 Å². The van der Waals surface area contributed by atoms with E-state index in [1.165, 1.54) is 5.57 Å². The molecular weight excluding hydrogens is 408 g/mol. The maximum Gasteiger partial charge on any atom is 0.164 e. The first-order valence-electron chi connectivity index (χ1n) is 10.7. The highest BCUT2D eigenvalue weighted by atomic mass is 16.5. The summed E-state index contributed by atoms with van der Waals surface area (Å²) < 4.78 is 35.0. The van der Waals surface area contributed by atoms with Gasteiger partial charge >= 0.3 is 0 Å². The van der Waals surface area contributed by atoms with Gasteiger partial charge in [0.05, 0.1) is 28.4 Å². The minimum atomic E-state index is -0.533. The molecule has 0 saturated heterocycles. The van der Waals surface area contributed by atoms with Crippen molar-refractivity contribution >= 4 is 6.08 Å². The maximum absolute atomic E-state index is 6.51. The van der Waals surface area contributed by atoms with Crippen LogP contribution in [0.3, 0.4) is 0 Å². The molecule has 0 N–H and O–H groups in total. The molecule has 0 bridgehead atoms. The number of fused-ring (bicyclic) bond motifs is 2. The first-order valence-corrected chi connectivity index (χ1v) is 10.7. The Balaban J connectivity index is 1.89. The van der Waals surface area contributed by atoms with E-state index in [4.69, 9.17) is 28.4 Å². The Kier molecular flexibility index (Phi) is 5.43. The highest BCUT2D eigenvalue weighted by Crippen LogP contribution is 2.53. The van der Waals surface area contributed by atoms with Crippen molar-refractivity contribution in [1.82, 2.24) is 0 Å². The van der Waals surface area contributed by atoms with E-state index in [1.807, 2.05) is 24.3 Å². The zero-order valence-electron chi connectivity index (χ0n) is 20.1. The standard InChI is InChI=1S/C26H32O6/c1-25(2)14-17(16-11-22(28-6)24(30-8)13-20(16)31-25)18-9-15-10-21(27-5)23(29-7)12-19(15)32-26(18,3)4/h9-13,17H,14H2,1-8H3. The monoisotopic (exact) mass is 440 g/mol. The van der Waals surface area contributed by atoms with E-state index in [-0.39, 0.29) is 11.5 Å². The normalized spacial score (nSPS) is 20.0. The molecule has 2 aliphatic heterocycles. The highest BCUT2D eigenvalue weighted by Gasteiger charge is 2.43. The SMILES string of the molecule is COc1cc2c(cc1OC)OC(C)(C)C(C1CC(C)(C)Oc3cc(OC)c(OC)cc31)=C2. The van der Waals surface area contributed by atoms with Crippen molar-refractivity contribution in [3.63, 3.8) is 0 Å². The summed E-state index contributed by atoms with van der Waals surface area (Å²) in [4.78, 5) is 0. The average molecular weight is 441 g/mol. The fourth-order valence-corrected chi connectivity index (χ4v) is 4.73. The molecular formula is C26H32O6. The van der Waals surface area contributed by atoms with E-state index in [0.717, 1.165) is 29.0 Å². The molecule has 1 unspecified atom stereocenters. The highest BCUT2D eigenvalue weighted by molar-refractivity contribution is 5.70. The smallest absolute Gasteiger partial charge is 0.164 e. The minimum Gasteiger partial charge on any atom is -0.493 e. The van der Waals surface area contributed by atoms with Gasteiger partial charge in [0.15, 0.2) is 23.0 Å². The van der Waals surface area contributed by atoms with Crippen molar-refractivity contribution in [1.29, 1.82) is 0 Å². The molecule has 0 saturated carbocycles. The third kappa shape index (κ3) is 3.72. The number of rotatable bonds is 5. The predicted molar refractivity (Wildman–Crippen MR) is 124 cm³/mol. The summed E-state index contributed by atoms with van der Waals surface area (Å²) in [6.45, 7) is 8.42. The molecule has 2 aromatic rings. The molecule has 6 nitrogen and oxygen atoms in total. The summed E-state index contributed by atoms with van der Waals surface area (Å²) in [6, 6.07) is 7.79. The van der Waals surface area contributed by atoms with Crippen LogP contribution in [0.5, 0.6) is 34.5 Å². The van der Waals surface area contributed by atoms with Crippen molar-refractivity contribution in [3.05, 3.63) is 41.0 Å². The van der Waals surface area contributed by atoms with Gasteiger partial charge in [-0.3, -0.25) is 0 Å². The van der Waals surface area contributed by atoms with Crippen LogP contribution in [0, 0.1) is 0 Å². The van der Waals surface area contributed by atoms with Gasteiger partial charge in [0, 0.05) is 29.2 Å².